The summed E-state index contributed by atoms with van der Waals surface area (Å²) in [6, 6.07) is 0. The summed E-state index contributed by atoms with van der Waals surface area (Å²) in [5.74, 6) is 1.05. The van der Waals surface area contributed by atoms with Crippen molar-refractivity contribution >= 4 is 35.8 Å². The molecule has 25 heavy (non-hydrogen) atoms. The lowest BCUT2D eigenvalue weighted by molar-refractivity contribution is -0.129. The lowest BCUT2D eigenvalue weighted by Gasteiger charge is -2.37. The van der Waals surface area contributed by atoms with Gasteiger partial charge in [-0.25, -0.2) is 0 Å². The van der Waals surface area contributed by atoms with Gasteiger partial charge in [-0.05, 0) is 12.8 Å². The first-order valence-corrected chi connectivity index (χ1v) is 9.04. The molecular formula is C17H34IN5O2. The summed E-state index contributed by atoms with van der Waals surface area (Å²) in [5.41, 5.74) is -0.565. The van der Waals surface area contributed by atoms with Crippen molar-refractivity contribution in [1.82, 2.24) is 20.0 Å². The molecule has 2 rings (SSSR count). The third-order valence-corrected chi connectivity index (χ3v) is 5.13. The van der Waals surface area contributed by atoms with Gasteiger partial charge in [-0.1, -0.05) is 12.8 Å². The quantitative estimate of drug-likeness (QED) is 0.352. The van der Waals surface area contributed by atoms with Crippen molar-refractivity contribution in [2.24, 2.45) is 4.99 Å². The van der Waals surface area contributed by atoms with Crippen LogP contribution in [0.25, 0.3) is 0 Å². The zero-order valence-corrected chi connectivity index (χ0v) is 18.2. The lowest BCUT2D eigenvalue weighted by atomic mass is 10.0. The Morgan fingerprint density at radius 3 is 2.32 bits per heavy atom. The smallest absolute Gasteiger partial charge is 0.223 e. The van der Waals surface area contributed by atoms with Gasteiger partial charge < -0.3 is 20.2 Å². The summed E-state index contributed by atoms with van der Waals surface area (Å²) in [7, 11) is 5.39. The molecule has 2 N–H and O–H groups in total. The molecule has 1 saturated carbocycles. The van der Waals surface area contributed by atoms with Gasteiger partial charge in [-0.3, -0.25) is 14.7 Å². The highest BCUT2D eigenvalue weighted by Gasteiger charge is 2.31. The van der Waals surface area contributed by atoms with Crippen LogP contribution in [0.4, 0.5) is 0 Å². The SMILES string of the molecule is CN=C(NCC1(O)CCCC1)N1CCN(CCC(=O)N(C)C)CC1.I. The fraction of sp³-hybridized carbons (Fsp3) is 0.882. The Morgan fingerprint density at radius 1 is 1.20 bits per heavy atom. The molecule has 1 aliphatic heterocycles. The average Bonchev–Trinajstić information content (AvgIpc) is 3.01. The highest BCUT2D eigenvalue weighted by Crippen LogP contribution is 2.28. The van der Waals surface area contributed by atoms with Crippen LogP contribution in [0.3, 0.4) is 0 Å². The van der Waals surface area contributed by atoms with E-state index in [0.717, 1.165) is 64.4 Å². The van der Waals surface area contributed by atoms with Gasteiger partial charge in [0.2, 0.25) is 5.91 Å². The number of hydrogen-bond acceptors (Lipinski definition) is 4. The average molecular weight is 467 g/mol. The first kappa shape index (κ1) is 22.4. The van der Waals surface area contributed by atoms with Crippen LogP contribution < -0.4 is 5.32 Å². The van der Waals surface area contributed by atoms with E-state index in [-0.39, 0.29) is 29.9 Å². The Labute approximate surface area is 168 Å². The molecule has 0 aromatic heterocycles. The predicted octanol–water partition coefficient (Wildman–Crippen LogP) is 0.581. The molecule has 2 aliphatic rings. The Bertz CT molecular complexity index is 444. The first-order valence-electron chi connectivity index (χ1n) is 9.04. The summed E-state index contributed by atoms with van der Waals surface area (Å²) in [6.45, 7) is 5.06. The largest absolute Gasteiger partial charge is 0.388 e. The number of nitrogens with one attached hydrogen (secondary N) is 1. The number of carbonyl (C=O) groups excluding carboxylic acids is 1. The minimum absolute atomic E-state index is 0. The van der Waals surface area contributed by atoms with Crippen molar-refractivity contribution in [1.29, 1.82) is 0 Å². The van der Waals surface area contributed by atoms with E-state index in [1.807, 2.05) is 0 Å². The molecule has 1 amide bonds. The second kappa shape index (κ2) is 10.5. The normalized spacial score (nSPS) is 21.0. The highest BCUT2D eigenvalue weighted by molar-refractivity contribution is 14.0. The molecule has 7 nitrogen and oxygen atoms in total. The zero-order chi connectivity index (χ0) is 17.6. The van der Waals surface area contributed by atoms with Crippen molar-refractivity contribution in [2.75, 3.05) is 60.4 Å². The number of nitrogens with zero attached hydrogens (tertiary/aromatic N) is 4. The zero-order valence-electron chi connectivity index (χ0n) is 15.8. The molecule has 0 atom stereocenters. The van der Waals surface area contributed by atoms with Crippen molar-refractivity contribution < 1.29 is 9.90 Å². The summed E-state index contributed by atoms with van der Waals surface area (Å²) < 4.78 is 0. The molecule has 1 heterocycles. The Morgan fingerprint density at radius 2 is 1.80 bits per heavy atom. The van der Waals surface area contributed by atoms with Crippen molar-refractivity contribution in [3.63, 3.8) is 0 Å². The van der Waals surface area contributed by atoms with Crippen molar-refractivity contribution in [2.45, 2.75) is 37.7 Å². The first-order chi connectivity index (χ1) is 11.4. The van der Waals surface area contributed by atoms with Crippen LogP contribution in [-0.2, 0) is 4.79 Å². The molecular weight excluding hydrogens is 433 g/mol. The van der Waals surface area contributed by atoms with Gasteiger partial charge in [0.25, 0.3) is 0 Å². The molecule has 0 aromatic rings. The van der Waals surface area contributed by atoms with Crippen LogP contribution >= 0.6 is 24.0 Å². The molecule has 0 aromatic carbocycles. The Kier molecular flexibility index (Phi) is 9.44. The number of halogens is 1. The summed E-state index contributed by atoms with van der Waals surface area (Å²) >= 11 is 0. The number of rotatable bonds is 5. The van der Waals surface area contributed by atoms with E-state index >= 15 is 0 Å². The van der Waals surface area contributed by atoms with Crippen molar-refractivity contribution in [3.8, 4) is 0 Å². The van der Waals surface area contributed by atoms with E-state index in [0.29, 0.717) is 13.0 Å². The number of aliphatic hydroxyl groups is 1. The maximum Gasteiger partial charge on any atom is 0.223 e. The number of hydrogen-bond donors (Lipinski definition) is 2. The van der Waals surface area contributed by atoms with Crippen molar-refractivity contribution in [3.05, 3.63) is 0 Å². The Balaban J connectivity index is 0.00000312. The van der Waals surface area contributed by atoms with Crippen LogP contribution in [0, 0.1) is 0 Å². The van der Waals surface area contributed by atoms with Gasteiger partial charge in [0.15, 0.2) is 5.96 Å². The molecule has 1 saturated heterocycles. The van der Waals surface area contributed by atoms with Gasteiger partial charge in [0.05, 0.1) is 5.60 Å². The van der Waals surface area contributed by atoms with Crippen LogP contribution in [0.2, 0.25) is 0 Å². The fourth-order valence-corrected chi connectivity index (χ4v) is 3.45. The van der Waals surface area contributed by atoms with E-state index in [1.165, 1.54) is 0 Å². The summed E-state index contributed by atoms with van der Waals surface area (Å²) in [4.78, 5) is 22.3. The number of guanidine groups is 1. The monoisotopic (exact) mass is 467 g/mol. The van der Waals surface area contributed by atoms with Gasteiger partial charge >= 0.3 is 0 Å². The second-order valence-corrected chi connectivity index (χ2v) is 7.20. The molecule has 0 unspecified atom stereocenters. The molecule has 0 bridgehead atoms. The van der Waals surface area contributed by atoms with Gasteiger partial charge in [-0.2, -0.15) is 0 Å². The molecule has 2 fully saturated rings. The molecule has 1 aliphatic carbocycles. The number of amides is 1. The standard InChI is InChI=1S/C17H33N5O2.HI/c1-18-16(19-14-17(24)7-4-5-8-17)22-12-10-21(11-13-22)9-6-15(23)20(2)3;/h24H,4-14H2,1-3H3,(H,18,19);1H. The maximum atomic E-state index is 11.7. The summed E-state index contributed by atoms with van der Waals surface area (Å²) in [5, 5.41) is 13.8. The fourth-order valence-electron chi connectivity index (χ4n) is 3.45. The lowest BCUT2D eigenvalue weighted by Crippen LogP contribution is -2.54. The van der Waals surface area contributed by atoms with E-state index in [9.17, 15) is 9.90 Å². The topological polar surface area (TPSA) is 71.4 Å². The minimum atomic E-state index is -0.565. The second-order valence-electron chi connectivity index (χ2n) is 7.20. The van der Waals surface area contributed by atoms with Crippen LogP contribution in [0.1, 0.15) is 32.1 Å². The molecule has 146 valence electrons. The third-order valence-electron chi connectivity index (χ3n) is 5.13. The number of aliphatic imine (C=N–C) groups is 1. The van der Waals surface area contributed by atoms with Crippen LogP contribution in [-0.4, -0.2) is 97.7 Å². The third kappa shape index (κ3) is 6.90. The van der Waals surface area contributed by atoms with Gasteiger partial charge in [0, 0.05) is 66.8 Å². The predicted molar refractivity (Wildman–Crippen MR) is 112 cm³/mol. The molecule has 8 heteroatoms. The molecule has 0 spiro atoms. The van der Waals surface area contributed by atoms with Gasteiger partial charge in [0.1, 0.15) is 0 Å². The minimum Gasteiger partial charge on any atom is -0.388 e. The maximum absolute atomic E-state index is 11.7. The van der Waals surface area contributed by atoms with E-state index in [2.05, 4.69) is 20.1 Å². The molecule has 0 radical (unpaired) electrons. The summed E-state index contributed by atoms with van der Waals surface area (Å²) in [6.07, 6.45) is 4.56. The van der Waals surface area contributed by atoms with Gasteiger partial charge in [-0.15, -0.1) is 24.0 Å². The van der Waals surface area contributed by atoms with E-state index in [4.69, 9.17) is 0 Å². The Hall–Kier alpha value is -0.610. The number of piperazine rings is 1. The van der Waals surface area contributed by atoms with E-state index < -0.39 is 5.60 Å². The van der Waals surface area contributed by atoms with Crippen LogP contribution in [0.5, 0.6) is 0 Å². The highest BCUT2D eigenvalue weighted by atomic mass is 127. The van der Waals surface area contributed by atoms with E-state index in [1.54, 1.807) is 26.0 Å². The number of carbonyl (C=O) groups is 1. The van der Waals surface area contributed by atoms with Crippen LogP contribution in [0.15, 0.2) is 4.99 Å².